The Morgan fingerprint density at radius 1 is 1.29 bits per heavy atom. The van der Waals surface area contributed by atoms with Crippen LogP contribution in [0.3, 0.4) is 0 Å². The average molecular weight is 397 g/mol. The minimum atomic E-state index is 0.334. The van der Waals surface area contributed by atoms with Gasteiger partial charge in [-0.25, -0.2) is 15.0 Å². The van der Waals surface area contributed by atoms with Crippen molar-refractivity contribution >= 4 is 28.3 Å². The van der Waals surface area contributed by atoms with E-state index in [1.54, 1.807) is 6.33 Å². The molecular weight excluding hydrogens is 372 g/mol. The van der Waals surface area contributed by atoms with Crippen molar-refractivity contribution in [3.8, 4) is 0 Å². The number of halogens is 1. The quantitative estimate of drug-likeness (QED) is 0.668. The van der Waals surface area contributed by atoms with Gasteiger partial charge in [-0.05, 0) is 45.5 Å². The Balaban J connectivity index is 1.56. The second-order valence-corrected chi connectivity index (χ2v) is 8.56. The van der Waals surface area contributed by atoms with Gasteiger partial charge in [0, 0.05) is 48.6 Å². The normalized spacial score (nSPS) is 23.2. The van der Waals surface area contributed by atoms with E-state index in [1.165, 1.54) is 36.3 Å². The summed E-state index contributed by atoms with van der Waals surface area (Å²) >= 11 is 6.33. The van der Waals surface area contributed by atoms with Crippen LogP contribution in [0.15, 0.2) is 24.7 Å². The van der Waals surface area contributed by atoms with Crippen molar-refractivity contribution in [3.05, 3.63) is 46.8 Å². The molecule has 5 rings (SSSR count). The van der Waals surface area contributed by atoms with Gasteiger partial charge < -0.3 is 14.8 Å². The Hall–Kier alpha value is -2.18. The fourth-order valence-corrected chi connectivity index (χ4v) is 5.01. The number of pyridine rings is 1. The number of H-pyrrole nitrogens is 1. The number of aromatic nitrogens is 4. The van der Waals surface area contributed by atoms with Crippen LogP contribution in [0.4, 0.5) is 5.69 Å². The summed E-state index contributed by atoms with van der Waals surface area (Å²) in [7, 11) is 2.20. The van der Waals surface area contributed by atoms with Crippen molar-refractivity contribution in [2.24, 2.45) is 0 Å². The fourth-order valence-electron chi connectivity index (χ4n) is 4.82. The Morgan fingerprint density at radius 3 is 3.04 bits per heavy atom. The smallest absolute Gasteiger partial charge is 0.141 e. The third-order valence-electron chi connectivity index (χ3n) is 6.21. The molecule has 0 aliphatic carbocycles. The van der Waals surface area contributed by atoms with Crippen LogP contribution >= 0.6 is 11.6 Å². The highest BCUT2D eigenvalue weighted by molar-refractivity contribution is 6.30. The molecule has 1 saturated heterocycles. The summed E-state index contributed by atoms with van der Waals surface area (Å²) in [6.07, 6.45) is 7.03. The molecule has 0 saturated carbocycles. The number of likely N-dealkylation sites (N-methyl/N-ethyl adjacent to an activating group) is 1. The Labute approximate surface area is 169 Å². The molecule has 146 valence electrons. The van der Waals surface area contributed by atoms with Crippen LogP contribution in [-0.4, -0.2) is 51.0 Å². The minimum absolute atomic E-state index is 0.334. The molecule has 0 aromatic carbocycles. The Morgan fingerprint density at radius 2 is 2.18 bits per heavy atom. The molecule has 1 N–H and O–H groups in total. The van der Waals surface area contributed by atoms with Crippen LogP contribution in [0.5, 0.6) is 0 Å². The van der Waals surface area contributed by atoms with Crippen LogP contribution in [0.1, 0.15) is 42.6 Å². The van der Waals surface area contributed by atoms with Crippen molar-refractivity contribution in [1.29, 1.82) is 0 Å². The molecule has 2 aliphatic rings. The standard InChI is InChI=1S/C21H25ClN6/c1-13-8-17-16(20(25-12-24-17)14-4-3-7-27(2)10-14)11-28(13)18-9-19(22)26-21-15(18)5-6-23-21/h5-6,9,12-14H,3-4,7-8,10-11H2,1-2H3,(H,23,26)/t13-,14+/m1/s1. The van der Waals surface area contributed by atoms with E-state index < -0.39 is 0 Å². The van der Waals surface area contributed by atoms with Gasteiger partial charge in [0.2, 0.25) is 0 Å². The summed E-state index contributed by atoms with van der Waals surface area (Å²) in [6.45, 7) is 5.31. The predicted molar refractivity (Wildman–Crippen MR) is 112 cm³/mol. The first-order valence-electron chi connectivity index (χ1n) is 10.0. The monoisotopic (exact) mass is 396 g/mol. The van der Waals surface area contributed by atoms with E-state index in [0.717, 1.165) is 36.2 Å². The number of rotatable bonds is 2. The predicted octanol–water partition coefficient (Wildman–Crippen LogP) is 3.77. The van der Waals surface area contributed by atoms with E-state index in [1.807, 2.05) is 12.3 Å². The number of aromatic amines is 1. The van der Waals surface area contributed by atoms with Gasteiger partial charge in [0.15, 0.2) is 0 Å². The van der Waals surface area contributed by atoms with Gasteiger partial charge in [0.1, 0.15) is 17.1 Å². The van der Waals surface area contributed by atoms with Gasteiger partial charge in [0.25, 0.3) is 0 Å². The van der Waals surface area contributed by atoms with Crippen molar-refractivity contribution < 1.29 is 0 Å². The molecule has 0 unspecified atom stereocenters. The van der Waals surface area contributed by atoms with Crippen molar-refractivity contribution in [2.45, 2.75) is 44.7 Å². The van der Waals surface area contributed by atoms with Gasteiger partial charge in [-0.15, -0.1) is 0 Å². The second-order valence-electron chi connectivity index (χ2n) is 8.17. The van der Waals surface area contributed by atoms with Crippen molar-refractivity contribution in [3.63, 3.8) is 0 Å². The van der Waals surface area contributed by atoms with Crippen molar-refractivity contribution in [2.75, 3.05) is 25.0 Å². The van der Waals surface area contributed by atoms with Gasteiger partial charge in [-0.2, -0.15) is 0 Å². The van der Waals surface area contributed by atoms with Crippen molar-refractivity contribution in [1.82, 2.24) is 24.8 Å². The van der Waals surface area contributed by atoms with Gasteiger partial charge >= 0.3 is 0 Å². The second kappa shape index (κ2) is 7.01. The van der Waals surface area contributed by atoms with Crippen LogP contribution in [-0.2, 0) is 13.0 Å². The molecule has 1 fully saturated rings. The lowest BCUT2D eigenvalue weighted by atomic mass is 9.88. The molecule has 2 atom stereocenters. The van der Waals surface area contributed by atoms with Crippen LogP contribution < -0.4 is 4.90 Å². The number of piperidine rings is 1. The lowest BCUT2D eigenvalue weighted by Gasteiger charge is -2.38. The zero-order chi connectivity index (χ0) is 19.3. The Kier molecular flexibility index (Phi) is 4.48. The zero-order valence-corrected chi connectivity index (χ0v) is 17.1. The minimum Gasteiger partial charge on any atom is -0.363 e. The highest BCUT2D eigenvalue weighted by Gasteiger charge is 2.31. The maximum absolute atomic E-state index is 6.33. The third-order valence-corrected chi connectivity index (χ3v) is 6.41. The van der Waals surface area contributed by atoms with E-state index in [4.69, 9.17) is 16.6 Å². The number of hydrogen-bond donors (Lipinski definition) is 1. The van der Waals surface area contributed by atoms with Crippen LogP contribution in [0, 0.1) is 0 Å². The largest absolute Gasteiger partial charge is 0.363 e. The maximum Gasteiger partial charge on any atom is 0.141 e. The molecule has 6 nitrogen and oxygen atoms in total. The third kappa shape index (κ3) is 3.05. The molecule has 0 amide bonds. The molecule has 2 aliphatic heterocycles. The first-order valence-corrected chi connectivity index (χ1v) is 10.4. The first kappa shape index (κ1) is 17.9. The average Bonchev–Trinajstić information content (AvgIpc) is 3.14. The summed E-state index contributed by atoms with van der Waals surface area (Å²) in [5.41, 5.74) is 5.70. The van der Waals surface area contributed by atoms with E-state index in [2.05, 4.69) is 44.8 Å². The summed E-state index contributed by atoms with van der Waals surface area (Å²) < 4.78 is 0. The Bertz CT molecular complexity index is 1020. The van der Waals surface area contributed by atoms with Gasteiger partial charge in [0.05, 0.1) is 17.1 Å². The van der Waals surface area contributed by atoms with Gasteiger partial charge in [-0.1, -0.05) is 11.6 Å². The molecular formula is C21H25ClN6. The molecule has 5 heterocycles. The number of fused-ring (bicyclic) bond motifs is 2. The van der Waals surface area contributed by atoms with Crippen LogP contribution in [0.2, 0.25) is 5.15 Å². The summed E-state index contributed by atoms with van der Waals surface area (Å²) in [4.78, 5) is 21.9. The number of likely N-dealkylation sites (tertiary alicyclic amines) is 1. The lowest BCUT2D eigenvalue weighted by Crippen LogP contribution is -2.40. The fraction of sp³-hybridized carbons (Fsp3) is 0.476. The molecule has 28 heavy (non-hydrogen) atoms. The highest BCUT2D eigenvalue weighted by Crippen LogP contribution is 2.37. The molecule has 3 aromatic rings. The first-order chi connectivity index (χ1) is 13.6. The SMILES string of the molecule is C[C@@H]1Cc2ncnc([C@H]3CCCN(C)C3)c2CN1c1cc(Cl)nc2[nH]ccc12. The van der Waals surface area contributed by atoms with E-state index in [-0.39, 0.29) is 0 Å². The van der Waals surface area contributed by atoms with Crippen LogP contribution in [0.25, 0.3) is 11.0 Å². The van der Waals surface area contributed by atoms with E-state index in [9.17, 15) is 0 Å². The zero-order valence-electron chi connectivity index (χ0n) is 16.3. The molecule has 3 aromatic heterocycles. The van der Waals surface area contributed by atoms with Gasteiger partial charge in [-0.3, -0.25) is 0 Å². The summed E-state index contributed by atoms with van der Waals surface area (Å²) in [6, 6.07) is 4.40. The number of nitrogens with one attached hydrogen (secondary N) is 1. The maximum atomic E-state index is 6.33. The highest BCUT2D eigenvalue weighted by atomic mass is 35.5. The van der Waals surface area contributed by atoms with E-state index in [0.29, 0.717) is 17.1 Å². The summed E-state index contributed by atoms with van der Waals surface area (Å²) in [5, 5.41) is 1.62. The van der Waals surface area contributed by atoms with E-state index >= 15 is 0 Å². The number of anilines is 1. The molecule has 0 radical (unpaired) electrons. The molecule has 0 bridgehead atoms. The topological polar surface area (TPSA) is 60.9 Å². The number of hydrogen-bond acceptors (Lipinski definition) is 5. The summed E-state index contributed by atoms with van der Waals surface area (Å²) in [5.74, 6) is 0.485. The molecule has 0 spiro atoms. The molecule has 7 heteroatoms. The number of nitrogens with zero attached hydrogens (tertiary/aromatic N) is 5. The lowest BCUT2D eigenvalue weighted by molar-refractivity contribution is 0.247.